The van der Waals surface area contributed by atoms with Gasteiger partial charge in [0.2, 0.25) is 0 Å². The summed E-state index contributed by atoms with van der Waals surface area (Å²) in [7, 11) is 0. The van der Waals surface area contributed by atoms with Crippen LogP contribution in [0.4, 0.5) is 5.82 Å². The summed E-state index contributed by atoms with van der Waals surface area (Å²) in [4.78, 5) is 6.89. The average molecular weight is 324 g/mol. The highest BCUT2D eigenvalue weighted by Crippen LogP contribution is 2.25. The zero-order valence-electron chi connectivity index (χ0n) is 11.7. The van der Waals surface area contributed by atoms with Crippen molar-refractivity contribution in [3.63, 3.8) is 0 Å². The minimum Gasteiger partial charge on any atom is -0.350 e. The fourth-order valence-corrected chi connectivity index (χ4v) is 2.46. The van der Waals surface area contributed by atoms with E-state index in [4.69, 9.17) is 0 Å². The maximum atomic E-state index is 4.61. The summed E-state index contributed by atoms with van der Waals surface area (Å²) in [5, 5.41) is 3.56. The molecule has 1 fully saturated rings. The van der Waals surface area contributed by atoms with E-state index in [0.29, 0.717) is 12.1 Å². The molecule has 0 saturated heterocycles. The van der Waals surface area contributed by atoms with E-state index in [-0.39, 0.29) is 0 Å². The van der Waals surface area contributed by atoms with Gasteiger partial charge >= 0.3 is 0 Å². The molecule has 0 amide bonds. The van der Waals surface area contributed by atoms with Gasteiger partial charge in [-0.25, -0.2) is 4.98 Å². The van der Waals surface area contributed by atoms with Crippen molar-refractivity contribution >= 4 is 21.7 Å². The summed E-state index contributed by atoms with van der Waals surface area (Å²) in [6, 6.07) is 3.28. The normalized spacial score (nSPS) is 14.7. The lowest BCUT2D eigenvalue weighted by Crippen LogP contribution is -2.33. The molecular formula is C15H22BrN3. The van der Waals surface area contributed by atoms with E-state index < -0.39 is 0 Å². The second-order valence-electron chi connectivity index (χ2n) is 5.33. The van der Waals surface area contributed by atoms with Gasteiger partial charge in [0.05, 0.1) is 0 Å². The molecule has 19 heavy (non-hydrogen) atoms. The van der Waals surface area contributed by atoms with Crippen LogP contribution in [0.25, 0.3) is 0 Å². The third-order valence-corrected chi connectivity index (χ3v) is 3.72. The molecule has 2 rings (SSSR count). The van der Waals surface area contributed by atoms with Crippen LogP contribution in [0.2, 0.25) is 0 Å². The van der Waals surface area contributed by atoms with E-state index >= 15 is 0 Å². The molecule has 1 saturated carbocycles. The second kappa shape index (κ2) is 6.53. The van der Waals surface area contributed by atoms with Crippen molar-refractivity contribution in [2.75, 3.05) is 11.4 Å². The average Bonchev–Trinajstić information content (AvgIpc) is 3.18. The van der Waals surface area contributed by atoms with Crippen molar-refractivity contribution in [2.45, 2.75) is 45.3 Å². The molecule has 0 spiro atoms. The van der Waals surface area contributed by atoms with Crippen LogP contribution in [0.3, 0.4) is 0 Å². The summed E-state index contributed by atoms with van der Waals surface area (Å²) < 4.78 is 1.03. The maximum Gasteiger partial charge on any atom is 0.133 e. The lowest BCUT2D eigenvalue weighted by atomic mass is 10.2. The van der Waals surface area contributed by atoms with Crippen molar-refractivity contribution in [1.29, 1.82) is 0 Å². The Balaban J connectivity index is 2.21. The van der Waals surface area contributed by atoms with Crippen LogP contribution in [-0.2, 0) is 6.54 Å². The molecule has 1 heterocycles. The van der Waals surface area contributed by atoms with E-state index in [2.05, 4.69) is 57.6 Å². The van der Waals surface area contributed by atoms with Gasteiger partial charge in [0.1, 0.15) is 5.82 Å². The van der Waals surface area contributed by atoms with Crippen molar-refractivity contribution in [3.05, 3.63) is 35.0 Å². The third-order valence-electron chi connectivity index (χ3n) is 3.29. The Kier molecular flexibility index (Phi) is 4.99. The predicted octanol–water partition coefficient (Wildman–Crippen LogP) is 3.50. The third kappa shape index (κ3) is 4.05. The highest BCUT2D eigenvalue weighted by Gasteiger charge is 2.22. The highest BCUT2D eigenvalue weighted by atomic mass is 79.9. The zero-order chi connectivity index (χ0) is 13.8. The first-order chi connectivity index (χ1) is 9.11. The minimum atomic E-state index is 0.409. The molecule has 1 aliphatic carbocycles. The number of nitrogens with one attached hydrogen (secondary N) is 1. The van der Waals surface area contributed by atoms with Crippen LogP contribution in [0.5, 0.6) is 0 Å². The summed E-state index contributed by atoms with van der Waals surface area (Å²) in [6.45, 7) is 9.92. The lowest BCUT2D eigenvalue weighted by molar-refractivity contribution is 0.666. The van der Waals surface area contributed by atoms with E-state index in [0.717, 1.165) is 23.4 Å². The lowest BCUT2D eigenvalue weighted by Gasteiger charge is -2.28. The van der Waals surface area contributed by atoms with Gasteiger partial charge in [-0.05, 0) is 48.7 Å². The van der Waals surface area contributed by atoms with Gasteiger partial charge in [0.25, 0.3) is 0 Å². The fraction of sp³-hybridized carbons (Fsp3) is 0.533. The molecule has 1 aromatic rings. The molecule has 0 radical (unpaired) electrons. The molecule has 1 aromatic heterocycles. The topological polar surface area (TPSA) is 28.2 Å². The maximum absolute atomic E-state index is 4.61. The van der Waals surface area contributed by atoms with Crippen molar-refractivity contribution in [2.24, 2.45) is 0 Å². The van der Waals surface area contributed by atoms with Gasteiger partial charge < -0.3 is 10.2 Å². The quantitative estimate of drug-likeness (QED) is 0.778. The Labute approximate surface area is 124 Å². The van der Waals surface area contributed by atoms with Crippen LogP contribution >= 0.6 is 15.9 Å². The standard InChI is InChI=1S/C15H22BrN3/c1-4-7-19(11(2)3)15-12(8-13(16)10-18-15)9-17-14-5-6-14/h4,8,10-11,14,17H,1,5-7,9H2,2-3H3. The SMILES string of the molecule is C=CCN(c1ncc(Br)cc1CNC1CC1)C(C)C. The Morgan fingerprint density at radius 3 is 2.89 bits per heavy atom. The molecule has 104 valence electrons. The van der Waals surface area contributed by atoms with Crippen molar-refractivity contribution in [3.8, 4) is 0 Å². The summed E-state index contributed by atoms with van der Waals surface area (Å²) >= 11 is 3.52. The number of halogens is 1. The van der Waals surface area contributed by atoms with Gasteiger partial charge in [-0.2, -0.15) is 0 Å². The molecule has 1 N–H and O–H groups in total. The molecular weight excluding hydrogens is 302 g/mol. The fourth-order valence-electron chi connectivity index (χ4n) is 2.09. The van der Waals surface area contributed by atoms with E-state index in [1.54, 1.807) is 0 Å². The summed E-state index contributed by atoms with van der Waals surface area (Å²) in [5.41, 5.74) is 1.25. The number of nitrogens with zero attached hydrogens (tertiary/aromatic N) is 2. The molecule has 0 atom stereocenters. The van der Waals surface area contributed by atoms with Gasteiger partial charge in [0.15, 0.2) is 0 Å². The van der Waals surface area contributed by atoms with E-state index in [1.165, 1.54) is 18.4 Å². The summed E-state index contributed by atoms with van der Waals surface area (Å²) in [5.74, 6) is 1.06. The zero-order valence-corrected chi connectivity index (χ0v) is 13.3. The van der Waals surface area contributed by atoms with Gasteiger partial charge in [0, 0.05) is 41.4 Å². The number of hydrogen-bond acceptors (Lipinski definition) is 3. The molecule has 1 aliphatic rings. The largest absolute Gasteiger partial charge is 0.350 e. The predicted molar refractivity (Wildman–Crippen MR) is 84.5 cm³/mol. The summed E-state index contributed by atoms with van der Waals surface area (Å²) in [6.07, 6.45) is 6.41. The highest BCUT2D eigenvalue weighted by molar-refractivity contribution is 9.10. The minimum absolute atomic E-state index is 0.409. The number of aromatic nitrogens is 1. The van der Waals surface area contributed by atoms with Crippen molar-refractivity contribution < 1.29 is 0 Å². The first kappa shape index (κ1) is 14.5. The second-order valence-corrected chi connectivity index (χ2v) is 6.24. The molecule has 4 heteroatoms. The Morgan fingerprint density at radius 1 is 1.58 bits per heavy atom. The Bertz CT molecular complexity index is 441. The van der Waals surface area contributed by atoms with Crippen LogP contribution in [0, 0.1) is 0 Å². The monoisotopic (exact) mass is 323 g/mol. The number of rotatable bonds is 7. The Hall–Kier alpha value is -0.870. The Morgan fingerprint density at radius 2 is 2.32 bits per heavy atom. The molecule has 3 nitrogen and oxygen atoms in total. The van der Waals surface area contributed by atoms with Gasteiger partial charge in [-0.3, -0.25) is 0 Å². The molecule has 0 aliphatic heterocycles. The first-order valence-corrected chi connectivity index (χ1v) is 7.66. The number of anilines is 1. The first-order valence-electron chi connectivity index (χ1n) is 6.87. The molecule has 0 aromatic carbocycles. The van der Waals surface area contributed by atoms with Crippen LogP contribution < -0.4 is 10.2 Å². The molecule has 0 unspecified atom stereocenters. The number of pyridine rings is 1. The van der Waals surface area contributed by atoms with Crippen LogP contribution in [0.1, 0.15) is 32.3 Å². The molecule has 0 bridgehead atoms. The smallest absolute Gasteiger partial charge is 0.133 e. The van der Waals surface area contributed by atoms with Gasteiger partial charge in [-0.15, -0.1) is 6.58 Å². The van der Waals surface area contributed by atoms with Crippen LogP contribution in [0.15, 0.2) is 29.4 Å². The van der Waals surface area contributed by atoms with Crippen molar-refractivity contribution in [1.82, 2.24) is 10.3 Å². The van der Waals surface area contributed by atoms with E-state index in [1.807, 2.05) is 12.3 Å². The van der Waals surface area contributed by atoms with Gasteiger partial charge in [-0.1, -0.05) is 6.08 Å². The van der Waals surface area contributed by atoms with Crippen LogP contribution in [-0.4, -0.2) is 23.6 Å². The van der Waals surface area contributed by atoms with E-state index in [9.17, 15) is 0 Å². The number of hydrogen-bond donors (Lipinski definition) is 1.